The van der Waals surface area contributed by atoms with Crippen LogP contribution in [0.25, 0.3) is 0 Å². The molecule has 2 N–H and O–H groups in total. The second-order valence-corrected chi connectivity index (χ2v) is 4.92. The van der Waals surface area contributed by atoms with Crippen LogP contribution in [0.2, 0.25) is 0 Å². The second-order valence-electron chi connectivity index (χ2n) is 4.92. The highest BCUT2D eigenvalue weighted by atomic mass is 19.4. The van der Waals surface area contributed by atoms with Crippen LogP contribution in [-0.4, -0.2) is 46.8 Å². The standard InChI is InChI=1S/C14H17F4NO3/c1-9(21)12-6-11(15)5-10(13(12)22)7-19(3-2-4-20)8-14(16,17)18/h5-6,20,22H,2-4,7-8H2,1H3. The molecule has 22 heavy (non-hydrogen) atoms. The number of rotatable bonds is 7. The van der Waals surface area contributed by atoms with Crippen LogP contribution in [-0.2, 0) is 6.54 Å². The zero-order valence-electron chi connectivity index (χ0n) is 12.0. The molecule has 1 rings (SSSR count). The van der Waals surface area contributed by atoms with Crippen LogP contribution in [0.15, 0.2) is 12.1 Å². The van der Waals surface area contributed by atoms with Gasteiger partial charge in [0.2, 0.25) is 0 Å². The first-order chi connectivity index (χ1) is 10.1. The number of phenolic OH excluding ortho intramolecular Hbond substituents is 1. The quantitative estimate of drug-likeness (QED) is 0.598. The Kier molecular flexibility index (Phi) is 6.31. The van der Waals surface area contributed by atoms with Gasteiger partial charge in [-0.3, -0.25) is 9.69 Å². The van der Waals surface area contributed by atoms with Gasteiger partial charge in [-0.25, -0.2) is 4.39 Å². The molecule has 0 fully saturated rings. The Morgan fingerprint density at radius 1 is 1.32 bits per heavy atom. The lowest BCUT2D eigenvalue weighted by molar-refractivity contribution is -0.147. The third-order valence-electron chi connectivity index (χ3n) is 2.96. The Bertz CT molecular complexity index is 532. The predicted octanol–water partition coefficient (Wildman–Crippen LogP) is 2.48. The Hall–Kier alpha value is -1.67. The van der Waals surface area contributed by atoms with Crippen LogP contribution in [0.4, 0.5) is 17.6 Å². The van der Waals surface area contributed by atoms with E-state index in [-0.39, 0.29) is 37.2 Å². The summed E-state index contributed by atoms with van der Waals surface area (Å²) in [7, 11) is 0. The summed E-state index contributed by atoms with van der Waals surface area (Å²) in [6.45, 7) is -0.900. The molecule has 1 aromatic carbocycles. The Labute approximate surface area is 125 Å². The van der Waals surface area contributed by atoms with E-state index in [1.807, 2.05) is 0 Å². The third-order valence-corrected chi connectivity index (χ3v) is 2.96. The summed E-state index contributed by atoms with van der Waals surface area (Å²) in [4.78, 5) is 12.2. The first kappa shape index (κ1) is 18.4. The molecule has 0 amide bonds. The van der Waals surface area contributed by atoms with E-state index in [1.165, 1.54) is 0 Å². The van der Waals surface area contributed by atoms with Gasteiger partial charge in [-0.15, -0.1) is 0 Å². The second kappa shape index (κ2) is 7.55. The first-order valence-electron chi connectivity index (χ1n) is 6.56. The first-order valence-corrected chi connectivity index (χ1v) is 6.56. The van der Waals surface area contributed by atoms with Crippen molar-refractivity contribution >= 4 is 5.78 Å². The van der Waals surface area contributed by atoms with E-state index in [1.54, 1.807) is 0 Å². The van der Waals surface area contributed by atoms with Crippen molar-refractivity contribution in [2.24, 2.45) is 0 Å². The van der Waals surface area contributed by atoms with Crippen LogP contribution in [0.3, 0.4) is 0 Å². The number of carbonyl (C=O) groups excluding carboxylic acids is 1. The fourth-order valence-electron chi connectivity index (χ4n) is 2.05. The van der Waals surface area contributed by atoms with E-state index in [4.69, 9.17) is 5.11 Å². The predicted molar refractivity (Wildman–Crippen MR) is 71.1 cm³/mol. The van der Waals surface area contributed by atoms with Crippen LogP contribution >= 0.6 is 0 Å². The molecule has 0 aromatic heterocycles. The highest BCUT2D eigenvalue weighted by molar-refractivity contribution is 5.97. The molecule has 0 saturated carbocycles. The number of hydrogen-bond donors (Lipinski definition) is 2. The fraction of sp³-hybridized carbons (Fsp3) is 0.500. The van der Waals surface area contributed by atoms with Crippen LogP contribution < -0.4 is 0 Å². The topological polar surface area (TPSA) is 60.8 Å². The zero-order chi connectivity index (χ0) is 16.9. The molecule has 0 heterocycles. The van der Waals surface area contributed by atoms with Gasteiger partial charge in [0.15, 0.2) is 5.78 Å². The molecule has 0 bridgehead atoms. The largest absolute Gasteiger partial charge is 0.507 e. The minimum atomic E-state index is -4.47. The maximum absolute atomic E-state index is 13.5. The number of phenols is 1. The van der Waals surface area contributed by atoms with Gasteiger partial charge >= 0.3 is 6.18 Å². The average Bonchev–Trinajstić information content (AvgIpc) is 2.37. The summed E-state index contributed by atoms with van der Waals surface area (Å²) in [5, 5.41) is 18.6. The minimum Gasteiger partial charge on any atom is -0.507 e. The SMILES string of the molecule is CC(=O)c1cc(F)cc(CN(CCCO)CC(F)(F)F)c1O. The normalized spacial score (nSPS) is 12.0. The van der Waals surface area contributed by atoms with Gasteiger partial charge < -0.3 is 10.2 Å². The van der Waals surface area contributed by atoms with Crippen molar-refractivity contribution in [3.8, 4) is 5.75 Å². The molecule has 0 unspecified atom stereocenters. The van der Waals surface area contributed by atoms with Gasteiger partial charge in [0.05, 0.1) is 12.1 Å². The van der Waals surface area contributed by atoms with Gasteiger partial charge in [0, 0.05) is 25.3 Å². The molecule has 4 nitrogen and oxygen atoms in total. The number of alkyl halides is 3. The summed E-state index contributed by atoms with van der Waals surface area (Å²) >= 11 is 0. The van der Waals surface area contributed by atoms with E-state index in [0.717, 1.165) is 24.0 Å². The molecule has 8 heteroatoms. The molecule has 0 aliphatic carbocycles. The number of Topliss-reactive ketones (excluding diaryl/α,β-unsaturated/α-hetero) is 1. The molecule has 0 saturated heterocycles. The molecule has 0 aliphatic rings. The van der Waals surface area contributed by atoms with Crippen molar-refractivity contribution < 1.29 is 32.6 Å². The summed E-state index contributed by atoms with van der Waals surface area (Å²) in [5.74, 6) is -1.92. The van der Waals surface area contributed by atoms with Gasteiger partial charge in [-0.05, 0) is 25.5 Å². The number of aliphatic hydroxyl groups is 1. The van der Waals surface area contributed by atoms with Gasteiger partial charge in [-0.2, -0.15) is 13.2 Å². The number of nitrogens with zero attached hydrogens (tertiary/aromatic N) is 1. The van der Waals surface area contributed by atoms with Gasteiger partial charge in [0.25, 0.3) is 0 Å². The summed E-state index contributed by atoms with van der Waals surface area (Å²) in [5.41, 5.74) is -0.378. The molecule has 1 aromatic rings. The van der Waals surface area contributed by atoms with Crippen LogP contribution in [0.5, 0.6) is 5.75 Å². The van der Waals surface area contributed by atoms with Gasteiger partial charge in [-0.1, -0.05) is 0 Å². The summed E-state index contributed by atoms with van der Waals surface area (Å²) in [6.07, 6.45) is -4.37. The molecule has 0 atom stereocenters. The third kappa shape index (κ3) is 5.61. The van der Waals surface area contributed by atoms with Crippen molar-refractivity contribution in [3.63, 3.8) is 0 Å². The Morgan fingerprint density at radius 3 is 2.45 bits per heavy atom. The molecular formula is C14H17F4NO3. The van der Waals surface area contributed by atoms with E-state index in [0.29, 0.717) is 0 Å². The smallest absolute Gasteiger partial charge is 0.401 e. The number of carbonyl (C=O) groups is 1. The van der Waals surface area contributed by atoms with E-state index < -0.39 is 30.1 Å². The number of aromatic hydroxyl groups is 1. The number of benzene rings is 1. The molecule has 0 radical (unpaired) electrons. The maximum Gasteiger partial charge on any atom is 0.401 e. The lowest BCUT2D eigenvalue weighted by atomic mass is 10.0. The van der Waals surface area contributed by atoms with E-state index in [9.17, 15) is 27.5 Å². The fourth-order valence-corrected chi connectivity index (χ4v) is 2.05. The van der Waals surface area contributed by atoms with Gasteiger partial charge in [0.1, 0.15) is 11.6 Å². The number of hydrogen-bond acceptors (Lipinski definition) is 4. The van der Waals surface area contributed by atoms with E-state index in [2.05, 4.69) is 0 Å². The highest BCUT2D eigenvalue weighted by Crippen LogP contribution is 2.27. The molecule has 124 valence electrons. The zero-order valence-corrected chi connectivity index (χ0v) is 12.0. The summed E-state index contributed by atoms with van der Waals surface area (Å²) < 4.78 is 51.0. The van der Waals surface area contributed by atoms with Crippen molar-refractivity contribution in [2.45, 2.75) is 26.1 Å². The van der Waals surface area contributed by atoms with Crippen LogP contribution in [0, 0.1) is 5.82 Å². The number of aliphatic hydroxyl groups excluding tert-OH is 1. The van der Waals surface area contributed by atoms with Crippen LogP contribution in [0.1, 0.15) is 29.3 Å². The Morgan fingerprint density at radius 2 is 1.95 bits per heavy atom. The van der Waals surface area contributed by atoms with Crippen molar-refractivity contribution in [1.29, 1.82) is 0 Å². The van der Waals surface area contributed by atoms with Crippen molar-refractivity contribution in [3.05, 3.63) is 29.1 Å². The molecule has 0 spiro atoms. The monoisotopic (exact) mass is 323 g/mol. The average molecular weight is 323 g/mol. The molecular weight excluding hydrogens is 306 g/mol. The van der Waals surface area contributed by atoms with E-state index >= 15 is 0 Å². The number of ketones is 1. The maximum atomic E-state index is 13.5. The van der Waals surface area contributed by atoms with Crippen molar-refractivity contribution in [2.75, 3.05) is 19.7 Å². The lowest BCUT2D eigenvalue weighted by Crippen LogP contribution is -2.35. The Balaban J connectivity index is 3.04. The minimum absolute atomic E-state index is 0.0820. The lowest BCUT2D eigenvalue weighted by Gasteiger charge is -2.24. The summed E-state index contributed by atoms with van der Waals surface area (Å²) in [6, 6.07) is 1.73. The highest BCUT2D eigenvalue weighted by Gasteiger charge is 2.31. The van der Waals surface area contributed by atoms with Crippen molar-refractivity contribution in [1.82, 2.24) is 4.90 Å². The molecule has 0 aliphatic heterocycles. The number of halogens is 4.